The highest BCUT2D eigenvalue weighted by molar-refractivity contribution is 5.94. The third-order valence-electron chi connectivity index (χ3n) is 3.40. The number of carbonyl (C=O) groups is 2. The highest BCUT2D eigenvalue weighted by Gasteiger charge is 2.47. The number of hydrogen-bond acceptors (Lipinski definition) is 4. The number of aliphatic hydroxyl groups is 1. The minimum absolute atomic E-state index is 0.255. The van der Waals surface area contributed by atoms with Gasteiger partial charge in [-0.3, -0.25) is 0 Å². The van der Waals surface area contributed by atoms with Gasteiger partial charge in [0.25, 0.3) is 0 Å². The molecule has 1 saturated heterocycles. The number of carboxylic acid groups (broad SMARTS) is 2. The van der Waals surface area contributed by atoms with E-state index in [9.17, 15) is 19.8 Å². The monoisotopic (exact) mass is 271 g/mol. The number of hydrogen-bond donors (Lipinski definition) is 3. The molecule has 0 radical (unpaired) electrons. The molecule has 0 amide bonds. The molecule has 0 bridgehead atoms. The van der Waals surface area contributed by atoms with Crippen molar-refractivity contribution in [2.45, 2.75) is 57.7 Å². The van der Waals surface area contributed by atoms with Crippen LogP contribution in [0.5, 0.6) is 0 Å². The van der Waals surface area contributed by atoms with Gasteiger partial charge in [0, 0.05) is 11.1 Å². The fourth-order valence-corrected chi connectivity index (χ4v) is 3.22. The first-order chi connectivity index (χ1) is 8.47. The quantitative estimate of drug-likeness (QED) is 0.664. The molecule has 0 spiro atoms. The molecule has 19 heavy (non-hydrogen) atoms. The van der Waals surface area contributed by atoms with Crippen LogP contribution in [0, 0.1) is 0 Å². The lowest BCUT2D eigenvalue weighted by Crippen LogP contribution is -2.62. The number of aliphatic carboxylic acids is 2. The van der Waals surface area contributed by atoms with Crippen LogP contribution in [0.3, 0.4) is 0 Å². The Bertz CT molecular complexity index is 407. The average Bonchev–Trinajstić information content (AvgIpc) is 2.10. The molecular weight excluding hydrogens is 250 g/mol. The van der Waals surface area contributed by atoms with Gasteiger partial charge < -0.3 is 20.2 Å². The SMILES string of the molecule is CC1(C)CC(O)CC(C)(C)N1/C(=C/C(=O)O)C(=O)O. The van der Waals surface area contributed by atoms with E-state index in [1.807, 2.05) is 0 Å². The van der Waals surface area contributed by atoms with Crippen molar-refractivity contribution in [1.82, 2.24) is 4.90 Å². The van der Waals surface area contributed by atoms with Crippen molar-refractivity contribution in [3.05, 3.63) is 11.8 Å². The predicted octanol–water partition coefficient (Wildman–Crippen LogP) is 1.05. The Morgan fingerprint density at radius 3 is 1.84 bits per heavy atom. The van der Waals surface area contributed by atoms with Gasteiger partial charge in [-0.25, -0.2) is 9.59 Å². The molecule has 3 N–H and O–H groups in total. The van der Waals surface area contributed by atoms with E-state index in [0.29, 0.717) is 18.9 Å². The largest absolute Gasteiger partial charge is 0.478 e. The number of aliphatic hydroxyl groups excluding tert-OH is 1. The minimum atomic E-state index is -1.30. The Morgan fingerprint density at radius 2 is 1.53 bits per heavy atom. The normalized spacial score (nSPS) is 23.2. The fraction of sp³-hybridized carbons (Fsp3) is 0.692. The Labute approximate surface area is 112 Å². The van der Waals surface area contributed by atoms with Gasteiger partial charge in [0.15, 0.2) is 0 Å². The number of nitrogens with zero attached hydrogens (tertiary/aromatic N) is 1. The van der Waals surface area contributed by atoms with Gasteiger partial charge in [0.1, 0.15) is 5.70 Å². The van der Waals surface area contributed by atoms with Crippen molar-refractivity contribution < 1.29 is 24.9 Å². The first kappa shape index (κ1) is 15.5. The third kappa shape index (κ3) is 3.26. The summed E-state index contributed by atoms with van der Waals surface area (Å²) in [7, 11) is 0. The van der Waals surface area contributed by atoms with Crippen molar-refractivity contribution >= 4 is 11.9 Å². The van der Waals surface area contributed by atoms with Gasteiger partial charge >= 0.3 is 11.9 Å². The molecule has 0 aromatic heterocycles. The summed E-state index contributed by atoms with van der Waals surface area (Å²) < 4.78 is 0. The first-order valence-corrected chi connectivity index (χ1v) is 6.14. The maximum atomic E-state index is 11.4. The van der Waals surface area contributed by atoms with Crippen LogP contribution in [0.4, 0.5) is 0 Å². The molecule has 1 heterocycles. The smallest absolute Gasteiger partial charge is 0.352 e. The molecule has 1 aliphatic rings. The van der Waals surface area contributed by atoms with E-state index >= 15 is 0 Å². The van der Waals surface area contributed by atoms with E-state index in [1.54, 1.807) is 32.6 Å². The standard InChI is InChI=1S/C13H21NO5/c1-12(2)6-8(15)7-13(3,4)14(12)9(11(18)19)5-10(16)17/h5,8,15H,6-7H2,1-4H3,(H,16,17)(H,18,19)/b9-5+. The van der Waals surface area contributed by atoms with E-state index in [2.05, 4.69) is 0 Å². The topological polar surface area (TPSA) is 98.1 Å². The summed E-state index contributed by atoms with van der Waals surface area (Å²) in [6.07, 6.45) is 0.964. The average molecular weight is 271 g/mol. The van der Waals surface area contributed by atoms with Crippen molar-refractivity contribution in [3.8, 4) is 0 Å². The van der Waals surface area contributed by atoms with Gasteiger partial charge in [-0.15, -0.1) is 0 Å². The van der Waals surface area contributed by atoms with Crippen LogP contribution in [0.25, 0.3) is 0 Å². The number of likely N-dealkylation sites (tertiary alicyclic amines) is 1. The van der Waals surface area contributed by atoms with E-state index in [-0.39, 0.29) is 5.70 Å². The summed E-state index contributed by atoms with van der Waals surface area (Å²) in [5, 5.41) is 28.0. The molecular formula is C13H21NO5. The van der Waals surface area contributed by atoms with Gasteiger partial charge in [0.05, 0.1) is 12.2 Å². The Hall–Kier alpha value is -1.56. The van der Waals surface area contributed by atoms with Gasteiger partial charge in [-0.1, -0.05) is 0 Å². The van der Waals surface area contributed by atoms with Gasteiger partial charge in [-0.05, 0) is 40.5 Å². The Morgan fingerprint density at radius 1 is 1.11 bits per heavy atom. The molecule has 0 aromatic carbocycles. The zero-order valence-corrected chi connectivity index (χ0v) is 11.7. The van der Waals surface area contributed by atoms with E-state index in [1.165, 1.54) is 0 Å². The summed E-state index contributed by atoms with van der Waals surface area (Å²) in [5.74, 6) is -2.57. The fourth-order valence-electron chi connectivity index (χ4n) is 3.22. The lowest BCUT2D eigenvalue weighted by Gasteiger charge is -2.55. The van der Waals surface area contributed by atoms with Gasteiger partial charge in [0.2, 0.25) is 0 Å². The number of rotatable bonds is 3. The lowest BCUT2D eigenvalue weighted by atomic mass is 9.77. The van der Waals surface area contributed by atoms with E-state index in [4.69, 9.17) is 5.11 Å². The van der Waals surface area contributed by atoms with Crippen LogP contribution in [0.2, 0.25) is 0 Å². The molecule has 0 unspecified atom stereocenters. The number of piperidine rings is 1. The third-order valence-corrected chi connectivity index (χ3v) is 3.40. The van der Waals surface area contributed by atoms with Crippen LogP contribution in [-0.4, -0.2) is 49.3 Å². The zero-order chi connectivity index (χ0) is 15.0. The molecule has 6 nitrogen and oxygen atoms in total. The predicted molar refractivity (Wildman–Crippen MR) is 68.6 cm³/mol. The van der Waals surface area contributed by atoms with Crippen molar-refractivity contribution in [3.63, 3.8) is 0 Å². The van der Waals surface area contributed by atoms with Crippen molar-refractivity contribution in [1.29, 1.82) is 0 Å². The highest BCUT2D eigenvalue weighted by Crippen LogP contribution is 2.41. The first-order valence-electron chi connectivity index (χ1n) is 6.14. The molecule has 6 heteroatoms. The summed E-state index contributed by atoms with van der Waals surface area (Å²) in [4.78, 5) is 23.8. The van der Waals surface area contributed by atoms with Crippen LogP contribution in [-0.2, 0) is 9.59 Å². The maximum absolute atomic E-state index is 11.4. The lowest BCUT2D eigenvalue weighted by molar-refractivity contribution is -0.141. The highest BCUT2D eigenvalue weighted by atomic mass is 16.4. The second-order valence-corrected chi connectivity index (χ2v) is 6.20. The summed E-state index contributed by atoms with van der Waals surface area (Å²) in [6.45, 7) is 7.21. The van der Waals surface area contributed by atoms with Crippen molar-refractivity contribution in [2.24, 2.45) is 0 Å². The summed E-state index contributed by atoms with van der Waals surface area (Å²) in [6, 6.07) is 0. The molecule has 108 valence electrons. The molecule has 1 aliphatic heterocycles. The van der Waals surface area contributed by atoms with Crippen LogP contribution in [0.15, 0.2) is 11.8 Å². The van der Waals surface area contributed by atoms with Crippen LogP contribution in [0.1, 0.15) is 40.5 Å². The van der Waals surface area contributed by atoms with Crippen molar-refractivity contribution in [2.75, 3.05) is 0 Å². The second-order valence-electron chi connectivity index (χ2n) is 6.20. The zero-order valence-electron chi connectivity index (χ0n) is 11.7. The molecule has 1 rings (SSSR count). The summed E-state index contributed by atoms with van der Waals surface area (Å²) in [5.41, 5.74) is -1.53. The van der Waals surface area contributed by atoms with E-state index < -0.39 is 29.1 Å². The molecule has 1 fully saturated rings. The molecule has 0 saturated carbocycles. The Balaban J connectivity index is 3.33. The molecule has 0 aliphatic carbocycles. The minimum Gasteiger partial charge on any atom is -0.478 e. The van der Waals surface area contributed by atoms with E-state index in [0.717, 1.165) is 0 Å². The number of carboxylic acids is 2. The summed E-state index contributed by atoms with van der Waals surface area (Å²) >= 11 is 0. The Kier molecular flexibility index (Phi) is 3.95. The molecule has 0 atom stereocenters. The van der Waals surface area contributed by atoms with Gasteiger partial charge in [-0.2, -0.15) is 0 Å². The van der Waals surface area contributed by atoms with Crippen LogP contribution >= 0.6 is 0 Å². The maximum Gasteiger partial charge on any atom is 0.352 e. The second kappa shape index (κ2) is 4.85. The molecule has 0 aromatic rings. The van der Waals surface area contributed by atoms with Crippen LogP contribution < -0.4 is 0 Å².